The Morgan fingerprint density at radius 1 is 1.14 bits per heavy atom. The molecule has 7 heteroatoms. The van der Waals surface area contributed by atoms with Gasteiger partial charge in [0, 0.05) is 24.6 Å². The first-order chi connectivity index (χ1) is 17.0. The lowest BCUT2D eigenvalue weighted by atomic mass is 9.95. The maximum absolute atomic E-state index is 14.4. The van der Waals surface area contributed by atoms with Gasteiger partial charge in [-0.2, -0.15) is 5.10 Å². The Balaban J connectivity index is 1.46. The number of likely N-dealkylation sites (tertiary alicyclic amines) is 1. The number of hydrogen-bond donors (Lipinski definition) is 1. The summed E-state index contributed by atoms with van der Waals surface area (Å²) in [6.45, 7) is 3.72. The van der Waals surface area contributed by atoms with Gasteiger partial charge in [-0.1, -0.05) is 31.9 Å². The van der Waals surface area contributed by atoms with E-state index >= 15 is 0 Å². The Morgan fingerprint density at radius 2 is 1.91 bits per heavy atom. The number of rotatable bonds is 9. The van der Waals surface area contributed by atoms with Crippen LogP contribution in [0.5, 0.6) is 5.75 Å². The maximum Gasteiger partial charge on any atom is 0.271 e. The van der Waals surface area contributed by atoms with Gasteiger partial charge in [-0.25, -0.2) is 4.39 Å². The average Bonchev–Trinajstić information content (AvgIpc) is 2.88. The topological polar surface area (TPSA) is 67.4 Å². The molecular weight excluding hydrogens is 443 g/mol. The van der Waals surface area contributed by atoms with Crippen molar-refractivity contribution in [3.8, 4) is 16.9 Å². The third kappa shape index (κ3) is 7.00. The van der Waals surface area contributed by atoms with Gasteiger partial charge in [0.1, 0.15) is 11.9 Å². The third-order valence-corrected chi connectivity index (χ3v) is 7.29. The molecule has 190 valence electrons. The van der Waals surface area contributed by atoms with Crippen LogP contribution in [0.2, 0.25) is 0 Å². The lowest BCUT2D eigenvalue weighted by Gasteiger charge is -2.32. The van der Waals surface area contributed by atoms with Crippen LogP contribution in [0.1, 0.15) is 74.5 Å². The second-order valence-electron chi connectivity index (χ2n) is 10.1. The number of ether oxygens (including phenoxy) is 1. The number of nitrogens with one attached hydrogen (secondary N) is 1. The molecule has 1 aliphatic heterocycles. The number of carbonyl (C=O) groups is 1. The number of nitrogens with zero attached hydrogens (tertiary/aromatic N) is 3. The molecule has 1 saturated carbocycles. The van der Waals surface area contributed by atoms with Crippen molar-refractivity contribution in [3.05, 3.63) is 41.7 Å². The van der Waals surface area contributed by atoms with E-state index in [9.17, 15) is 9.18 Å². The Bertz CT molecular complexity index is 962. The van der Waals surface area contributed by atoms with Gasteiger partial charge in [0.15, 0.2) is 5.69 Å². The zero-order valence-electron chi connectivity index (χ0n) is 21.1. The van der Waals surface area contributed by atoms with E-state index in [0.29, 0.717) is 19.2 Å². The molecule has 0 bridgehead atoms. The lowest BCUT2D eigenvalue weighted by molar-refractivity contribution is 0.0851. The Labute approximate surface area is 208 Å². The largest absolute Gasteiger partial charge is 0.490 e. The fraction of sp³-hybridized carbons (Fsp3) is 0.607. The van der Waals surface area contributed by atoms with Crippen molar-refractivity contribution < 1.29 is 13.9 Å². The van der Waals surface area contributed by atoms with E-state index in [1.54, 1.807) is 0 Å². The van der Waals surface area contributed by atoms with Crippen molar-refractivity contribution >= 4 is 5.91 Å². The van der Waals surface area contributed by atoms with Gasteiger partial charge in [-0.15, -0.1) is 5.10 Å². The third-order valence-electron chi connectivity index (χ3n) is 7.29. The normalized spacial score (nSPS) is 21.6. The van der Waals surface area contributed by atoms with E-state index in [4.69, 9.17) is 4.74 Å². The van der Waals surface area contributed by atoms with Crippen molar-refractivity contribution in [2.45, 2.75) is 77.0 Å². The molecular formula is C28H39FN4O2. The molecule has 2 fully saturated rings. The highest BCUT2D eigenvalue weighted by molar-refractivity contribution is 5.93. The quantitative estimate of drug-likeness (QED) is 0.531. The van der Waals surface area contributed by atoms with Crippen LogP contribution in [-0.2, 0) is 6.42 Å². The number of piperidine rings is 1. The van der Waals surface area contributed by atoms with Crippen LogP contribution < -0.4 is 10.1 Å². The van der Waals surface area contributed by atoms with Crippen molar-refractivity contribution in [2.24, 2.45) is 5.92 Å². The van der Waals surface area contributed by atoms with Crippen LogP contribution in [0, 0.1) is 5.92 Å². The number of alkyl halides is 1. The first-order valence-corrected chi connectivity index (χ1v) is 13.3. The first-order valence-electron chi connectivity index (χ1n) is 13.3. The summed E-state index contributed by atoms with van der Waals surface area (Å²) >= 11 is 0. The van der Waals surface area contributed by atoms with Crippen LogP contribution >= 0.6 is 0 Å². The van der Waals surface area contributed by atoms with Gasteiger partial charge in [-0.05, 0) is 82.3 Å². The number of hydrogen-bond acceptors (Lipinski definition) is 5. The molecule has 0 unspecified atom stereocenters. The van der Waals surface area contributed by atoms with Gasteiger partial charge in [0.25, 0.3) is 5.91 Å². The van der Waals surface area contributed by atoms with Crippen LogP contribution in [0.25, 0.3) is 11.1 Å². The average molecular weight is 483 g/mol. The Morgan fingerprint density at radius 3 is 2.63 bits per heavy atom. The summed E-state index contributed by atoms with van der Waals surface area (Å²) in [7, 11) is 1.92. The Kier molecular flexibility index (Phi) is 9.07. The summed E-state index contributed by atoms with van der Waals surface area (Å²) in [6, 6.07) is 9.92. The predicted octanol–water partition coefficient (Wildman–Crippen LogP) is 5.22. The number of aryl methyl sites for hydroxylation is 1. The van der Waals surface area contributed by atoms with Crippen molar-refractivity contribution in [1.29, 1.82) is 0 Å². The minimum atomic E-state index is -0.929. The molecule has 4 rings (SSSR count). The highest BCUT2D eigenvalue weighted by atomic mass is 19.1. The van der Waals surface area contributed by atoms with Gasteiger partial charge in [0.05, 0.1) is 11.8 Å². The fourth-order valence-corrected chi connectivity index (χ4v) is 5.04. The molecule has 35 heavy (non-hydrogen) atoms. The van der Waals surface area contributed by atoms with Crippen LogP contribution in [0.15, 0.2) is 30.3 Å². The smallest absolute Gasteiger partial charge is 0.271 e. The van der Waals surface area contributed by atoms with Crippen molar-refractivity contribution in [1.82, 2.24) is 20.4 Å². The fourth-order valence-electron chi connectivity index (χ4n) is 5.04. The van der Waals surface area contributed by atoms with Crippen LogP contribution in [-0.4, -0.2) is 60.0 Å². The molecule has 1 amide bonds. The van der Waals surface area contributed by atoms with E-state index < -0.39 is 6.17 Å². The molecule has 1 N–H and O–H groups in total. The van der Waals surface area contributed by atoms with Gasteiger partial charge >= 0.3 is 0 Å². The van der Waals surface area contributed by atoms with E-state index in [1.165, 1.54) is 19.3 Å². The molecule has 6 nitrogen and oxygen atoms in total. The minimum absolute atomic E-state index is 0.164. The molecule has 1 aromatic carbocycles. The number of halogens is 1. The molecule has 1 aliphatic carbocycles. The Hall–Kier alpha value is -2.54. The second kappa shape index (κ2) is 12.4. The zero-order chi connectivity index (χ0) is 24.6. The highest BCUT2D eigenvalue weighted by Crippen LogP contribution is 2.29. The van der Waals surface area contributed by atoms with E-state index in [1.807, 2.05) is 42.3 Å². The number of aromatic nitrogens is 2. The molecule has 1 saturated heterocycles. The molecule has 2 aromatic rings. The predicted molar refractivity (Wildman–Crippen MR) is 136 cm³/mol. The molecule has 2 aliphatic rings. The summed E-state index contributed by atoms with van der Waals surface area (Å²) in [4.78, 5) is 14.9. The molecule has 0 spiro atoms. The van der Waals surface area contributed by atoms with Crippen molar-refractivity contribution in [3.63, 3.8) is 0 Å². The number of carbonyl (C=O) groups excluding carboxylic acids is 1. The molecule has 2 heterocycles. The molecule has 2 atom stereocenters. The summed E-state index contributed by atoms with van der Waals surface area (Å²) in [5, 5.41) is 11.5. The van der Waals surface area contributed by atoms with Gasteiger partial charge in [-0.3, -0.25) is 4.79 Å². The lowest BCUT2D eigenvalue weighted by Crippen LogP contribution is -2.44. The summed E-state index contributed by atoms with van der Waals surface area (Å²) in [6.07, 6.45) is 9.00. The molecule has 0 radical (unpaired) electrons. The monoisotopic (exact) mass is 482 g/mol. The van der Waals surface area contributed by atoms with E-state index in [0.717, 1.165) is 67.6 Å². The SMILES string of the molecule is CCCCc1nnc(C(=O)NC[C@@H]2CCN(C)C[C@@H]2F)cc1-c1ccc(OC2CCCCC2)cc1. The summed E-state index contributed by atoms with van der Waals surface area (Å²) in [5.74, 6) is 0.418. The van der Waals surface area contributed by atoms with E-state index in [2.05, 4.69) is 22.4 Å². The highest BCUT2D eigenvalue weighted by Gasteiger charge is 2.28. The van der Waals surface area contributed by atoms with Crippen LogP contribution in [0.3, 0.4) is 0 Å². The standard InChI is InChI=1S/C28H39FN4O2/c1-3-4-10-26-24(20-11-13-23(14-12-20)35-22-8-6-5-7-9-22)17-27(32-31-26)28(34)30-18-21-15-16-33(2)19-25(21)29/h11-14,17,21-22,25H,3-10,15-16,18-19H2,1-2H3,(H,30,34)/t21-,25-/m0/s1. The van der Waals surface area contributed by atoms with Gasteiger partial charge < -0.3 is 15.0 Å². The summed E-state index contributed by atoms with van der Waals surface area (Å²) < 4.78 is 20.5. The molecule has 1 aromatic heterocycles. The maximum atomic E-state index is 14.4. The number of unbranched alkanes of at least 4 members (excludes halogenated alkanes) is 1. The number of benzene rings is 1. The van der Waals surface area contributed by atoms with Gasteiger partial charge in [0.2, 0.25) is 0 Å². The van der Waals surface area contributed by atoms with Crippen molar-refractivity contribution in [2.75, 3.05) is 26.7 Å². The number of amides is 1. The zero-order valence-corrected chi connectivity index (χ0v) is 21.1. The minimum Gasteiger partial charge on any atom is -0.490 e. The second-order valence-corrected chi connectivity index (χ2v) is 10.1. The van der Waals surface area contributed by atoms with Crippen LogP contribution in [0.4, 0.5) is 4.39 Å². The first kappa shape index (κ1) is 25.5. The van der Waals surface area contributed by atoms with E-state index in [-0.39, 0.29) is 17.5 Å². The summed E-state index contributed by atoms with van der Waals surface area (Å²) in [5.41, 5.74) is 3.08.